The van der Waals surface area contributed by atoms with Crippen LogP contribution in [0.2, 0.25) is 0 Å². The number of hydrogen-bond donors (Lipinski definition) is 1. The Morgan fingerprint density at radius 2 is 2.04 bits per heavy atom. The molecule has 1 aliphatic rings. The topological polar surface area (TPSA) is 81.1 Å². The molecule has 1 aromatic carbocycles. The first-order valence-electron chi connectivity index (χ1n) is 8.14. The summed E-state index contributed by atoms with van der Waals surface area (Å²) in [5, 5.41) is 4.14. The van der Waals surface area contributed by atoms with Gasteiger partial charge in [0.1, 0.15) is 5.82 Å². The van der Waals surface area contributed by atoms with E-state index in [4.69, 9.17) is 10.3 Å². The molecule has 2 aromatic heterocycles. The molecule has 3 heterocycles. The average Bonchev–Trinajstić information content (AvgIpc) is 3.27. The van der Waals surface area contributed by atoms with E-state index in [9.17, 15) is 0 Å². The van der Waals surface area contributed by atoms with Crippen molar-refractivity contribution >= 4 is 5.82 Å². The quantitative estimate of drug-likeness (QED) is 0.795. The third kappa shape index (κ3) is 2.88. The van der Waals surface area contributed by atoms with E-state index in [0.29, 0.717) is 17.5 Å². The number of aromatic nitrogens is 3. The molecule has 2 N–H and O–H groups in total. The Hall–Kier alpha value is -2.73. The van der Waals surface area contributed by atoms with Crippen molar-refractivity contribution in [2.75, 3.05) is 12.3 Å². The Labute approximate surface area is 140 Å². The largest absolute Gasteiger partial charge is 0.383 e. The molecule has 0 radical (unpaired) electrons. The van der Waals surface area contributed by atoms with Crippen LogP contribution in [0.15, 0.2) is 53.2 Å². The summed E-state index contributed by atoms with van der Waals surface area (Å²) in [5.41, 5.74) is 7.97. The van der Waals surface area contributed by atoms with Gasteiger partial charge >= 0.3 is 0 Å². The molecule has 6 heteroatoms. The van der Waals surface area contributed by atoms with Crippen molar-refractivity contribution < 1.29 is 4.52 Å². The zero-order valence-electron chi connectivity index (χ0n) is 13.3. The van der Waals surface area contributed by atoms with Crippen LogP contribution in [-0.2, 0) is 6.54 Å². The summed E-state index contributed by atoms with van der Waals surface area (Å²) in [6.45, 7) is 1.73. The van der Waals surface area contributed by atoms with Gasteiger partial charge in [-0.2, -0.15) is 4.98 Å². The van der Waals surface area contributed by atoms with E-state index in [-0.39, 0.29) is 6.04 Å². The standard InChI is InChI=1S/C18H19N5O/c19-16-14(8-4-10-20-16)12-23-11-5-9-15(23)18-21-17(22-24-18)13-6-2-1-3-7-13/h1-4,6-8,10,15H,5,9,11-12H2,(H2,19,20)/t15-/m0/s1. The van der Waals surface area contributed by atoms with Gasteiger partial charge in [0.2, 0.25) is 11.7 Å². The highest BCUT2D eigenvalue weighted by Gasteiger charge is 2.31. The number of anilines is 1. The van der Waals surface area contributed by atoms with E-state index < -0.39 is 0 Å². The first kappa shape index (κ1) is 14.8. The lowest BCUT2D eigenvalue weighted by Gasteiger charge is -2.21. The van der Waals surface area contributed by atoms with Gasteiger partial charge in [-0.25, -0.2) is 4.98 Å². The maximum atomic E-state index is 5.97. The number of nitrogens with two attached hydrogens (primary N) is 1. The van der Waals surface area contributed by atoms with Crippen LogP contribution in [0.5, 0.6) is 0 Å². The molecule has 1 saturated heterocycles. The van der Waals surface area contributed by atoms with Crippen molar-refractivity contribution in [3.05, 3.63) is 60.1 Å². The molecule has 1 aliphatic heterocycles. The second-order valence-corrected chi connectivity index (χ2v) is 6.00. The third-order valence-electron chi connectivity index (χ3n) is 4.42. The van der Waals surface area contributed by atoms with E-state index in [0.717, 1.165) is 37.1 Å². The second-order valence-electron chi connectivity index (χ2n) is 6.00. The van der Waals surface area contributed by atoms with E-state index in [2.05, 4.69) is 20.0 Å². The number of pyridine rings is 1. The van der Waals surface area contributed by atoms with Crippen molar-refractivity contribution in [1.29, 1.82) is 0 Å². The molecule has 0 amide bonds. The van der Waals surface area contributed by atoms with Gasteiger partial charge in [0.05, 0.1) is 6.04 Å². The third-order valence-corrected chi connectivity index (χ3v) is 4.42. The van der Waals surface area contributed by atoms with Crippen molar-refractivity contribution in [3.63, 3.8) is 0 Å². The monoisotopic (exact) mass is 321 g/mol. The number of nitrogen functional groups attached to an aromatic ring is 1. The highest BCUT2D eigenvalue weighted by atomic mass is 16.5. The van der Waals surface area contributed by atoms with Gasteiger partial charge in [-0.15, -0.1) is 0 Å². The molecule has 0 spiro atoms. The highest BCUT2D eigenvalue weighted by molar-refractivity contribution is 5.53. The Balaban J connectivity index is 1.55. The van der Waals surface area contributed by atoms with Crippen molar-refractivity contribution in [2.45, 2.75) is 25.4 Å². The lowest BCUT2D eigenvalue weighted by atomic mass is 10.2. The predicted octanol–water partition coefficient (Wildman–Crippen LogP) is 3.05. The lowest BCUT2D eigenvalue weighted by molar-refractivity contribution is 0.201. The molecule has 6 nitrogen and oxygen atoms in total. The first-order valence-corrected chi connectivity index (χ1v) is 8.14. The van der Waals surface area contributed by atoms with Crippen molar-refractivity contribution in [1.82, 2.24) is 20.0 Å². The lowest BCUT2D eigenvalue weighted by Crippen LogP contribution is -2.23. The molecule has 4 rings (SSSR count). The summed E-state index contributed by atoms with van der Waals surface area (Å²) in [6.07, 6.45) is 3.83. The number of likely N-dealkylation sites (tertiary alicyclic amines) is 1. The van der Waals surface area contributed by atoms with Gasteiger partial charge in [0.25, 0.3) is 0 Å². The molecule has 3 aromatic rings. The van der Waals surface area contributed by atoms with Crippen LogP contribution >= 0.6 is 0 Å². The fourth-order valence-electron chi connectivity index (χ4n) is 3.17. The van der Waals surface area contributed by atoms with E-state index in [1.807, 2.05) is 42.5 Å². The molecule has 24 heavy (non-hydrogen) atoms. The first-order chi connectivity index (χ1) is 11.8. The van der Waals surface area contributed by atoms with Gasteiger partial charge in [-0.1, -0.05) is 41.6 Å². The van der Waals surface area contributed by atoms with Crippen molar-refractivity contribution in [2.24, 2.45) is 0 Å². The minimum atomic E-state index is 0.134. The molecule has 0 saturated carbocycles. The van der Waals surface area contributed by atoms with Crippen LogP contribution in [-0.4, -0.2) is 26.6 Å². The van der Waals surface area contributed by atoms with E-state index >= 15 is 0 Å². The fraction of sp³-hybridized carbons (Fsp3) is 0.278. The molecule has 0 bridgehead atoms. The molecule has 0 aliphatic carbocycles. The zero-order valence-corrected chi connectivity index (χ0v) is 13.3. The minimum absolute atomic E-state index is 0.134. The number of hydrogen-bond acceptors (Lipinski definition) is 6. The predicted molar refractivity (Wildman–Crippen MR) is 90.8 cm³/mol. The molecule has 1 fully saturated rings. The summed E-state index contributed by atoms with van der Waals surface area (Å²) >= 11 is 0. The Bertz CT molecular complexity index is 817. The summed E-state index contributed by atoms with van der Waals surface area (Å²) in [7, 11) is 0. The highest BCUT2D eigenvalue weighted by Crippen LogP contribution is 2.33. The van der Waals surface area contributed by atoms with Gasteiger partial charge in [-0.05, 0) is 25.5 Å². The molecule has 1 atom stereocenters. The second kappa shape index (κ2) is 6.41. The van der Waals surface area contributed by atoms with Crippen LogP contribution in [0.1, 0.15) is 30.3 Å². The van der Waals surface area contributed by atoms with Gasteiger partial charge in [0, 0.05) is 23.9 Å². The number of nitrogens with zero attached hydrogens (tertiary/aromatic N) is 4. The van der Waals surface area contributed by atoms with Gasteiger partial charge < -0.3 is 10.3 Å². The van der Waals surface area contributed by atoms with E-state index in [1.165, 1.54) is 0 Å². The molecule has 0 unspecified atom stereocenters. The van der Waals surface area contributed by atoms with Crippen LogP contribution in [0, 0.1) is 0 Å². The van der Waals surface area contributed by atoms with Crippen LogP contribution in [0.3, 0.4) is 0 Å². The number of benzene rings is 1. The minimum Gasteiger partial charge on any atom is -0.383 e. The normalized spacial score (nSPS) is 18.1. The number of rotatable bonds is 4. The maximum Gasteiger partial charge on any atom is 0.244 e. The van der Waals surface area contributed by atoms with Crippen molar-refractivity contribution in [3.8, 4) is 11.4 Å². The Morgan fingerprint density at radius 1 is 1.17 bits per heavy atom. The molecule has 122 valence electrons. The zero-order chi connectivity index (χ0) is 16.4. The SMILES string of the molecule is Nc1ncccc1CN1CCC[C@H]1c1nc(-c2ccccc2)no1. The maximum absolute atomic E-state index is 5.97. The summed E-state index contributed by atoms with van der Waals surface area (Å²) in [4.78, 5) is 11.1. The smallest absolute Gasteiger partial charge is 0.244 e. The summed E-state index contributed by atoms with van der Waals surface area (Å²) < 4.78 is 5.55. The van der Waals surface area contributed by atoms with E-state index in [1.54, 1.807) is 6.20 Å². The fourth-order valence-corrected chi connectivity index (χ4v) is 3.17. The molecular formula is C18H19N5O. The van der Waals surface area contributed by atoms with Crippen LogP contribution < -0.4 is 5.73 Å². The average molecular weight is 321 g/mol. The summed E-state index contributed by atoms with van der Waals surface area (Å²) in [6, 6.07) is 13.9. The van der Waals surface area contributed by atoms with Crippen LogP contribution in [0.25, 0.3) is 11.4 Å². The van der Waals surface area contributed by atoms with Crippen LogP contribution in [0.4, 0.5) is 5.82 Å². The van der Waals surface area contributed by atoms with Gasteiger partial charge in [-0.3, -0.25) is 4.90 Å². The Morgan fingerprint density at radius 3 is 2.88 bits per heavy atom. The van der Waals surface area contributed by atoms with Gasteiger partial charge in [0.15, 0.2) is 0 Å². The summed E-state index contributed by atoms with van der Waals surface area (Å²) in [5.74, 6) is 1.89. The molecular weight excluding hydrogens is 302 g/mol. The Kier molecular flexibility index (Phi) is 3.96.